The number of carboxylic acid groups (broad SMARTS) is 1. The fourth-order valence-corrected chi connectivity index (χ4v) is 3.05. The van der Waals surface area contributed by atoms with Crippen LogP contribution in [0.25, 0.3) is 0 Å². The summed E-state index contributed by atoms with van der Waals surface area (Å²) in [5.74, 6) is -1.31. The lowest BCUT2D eigenvalue weighted by Gasteiger charge is -2.20. The van der Waals surface area contributed by atoms with Crippen molar-refractivity contribution in [3.63, 3.8) is 0 Å². The Labute approximate surface area is 138 Å². The van der Waals surface area contributed by atoms with Crippen molar-refractivity contribution in [1.29, 1.82) is 0 Å². The van der Waals surface area contributed by atoms with E-state index in [2.05, 4.69) is 13.8 Å². The van der Waals surface area contributed by atoms with Crippen molar-refractivity contribution >= 4 is 11.9 Å². The van der Waals surface area contributed by atoms with E-state index in [9.17, 15) is 14.7 Å². The minimum atomic E-state index is -0.956. The van der Waals surface area contributed by atoms with Crippen LogP contribution in [0.5, 0.6) is 0 Å². The molecule has 3 unspecified atom stereocenters. The molecule has 0 bridgehead atoms. The van der Waals surface area contributed by atoms with Gasteiger partial charge in [0.05, 0.1) is 18.4 Å². The van der Waals surface area contributed by atoms with Crippen molar-refractivity contribution < 1.29 is 24.2 Å². The number of esters is 1. The van der Waals surface area contributed by atoms with E-state index in [1.807, 2.05) is 0 Å². The number of rotatable bonds is 10. The van der Waals surface area contributed by atoms with Crippen LogP contribution in [0.4, 0.5) is 0 Å². The third-order valence-electron chi connectivity index (χ3n) is 4.54. The second-order valence-corrected chi connectivity index (χ2v) is 7.00. The first-order valence-electron chi connectivity index (χ1n) is 8.77. The van der Waals surface area contributed by atoms with Crippen molar-refractivity contribution in [3.8, 4) is 0 Å². The van der Waals surface area contributed by atoms with Crippen LogP contribution in [-0.4, -0.2) is 29.8 Å². The zero-order chi connectivity index (χ0) is 16.8. The molecular weight excluding hydrogens is 296 g/mol. The largest absolute Gasteiger partial charge is 0.483 e. The highest BCUT2D eigenvalue weighted by atomic mass is 16.6. The number of epoxide rings is 1. The van der Waals surface area contributed by atoms with E-state index >= 15 is 0 Å². The van der Waals surface area contributed by atoms with Crippen LogP contribution in [0.15, 0.2) is 11.8 Å². The molecule has 2 aliphatic rings. The highest BCUT2D eigenvalue weighted by Crippen LogP contribution is 2.42. The molecule has 5 heteroatoms. The first kappa shape index (κ1) is 17.8. The molecule has 0 radical (unpaired) electrons. The number of aliphatic carboxylic acids is 1. The molecule has 2 rings (SSSR count). The molecule has 23 heavy (non-hydrogen) atoms. The maximum atomic E-state index is 12.1. The molecule has 1 heterocycles. The van der Waals surface area contributed by atoms with Gasteiger partial charge in [-0.25, -0.2) is 0 Å². The number of fused-ring (bicyclic) bond motifs is 1. The van der Waals surface area contributed by atoms with Crippen LogP contribution in [0, 0.1) is 17.8 Å². The average Bonchev–Trinajstić information content (AvgIpc) is 3.26. The summed E-state index contributed by atoms with van der Waals surface area (Å²) >= 11 is 0. The Hall–Kier alpha value is -1.52. The number of carboxylic acids is 1. The van der Waals surface area contributed by atoms with Crippen LogP contribution < -0.4 is 0 Å². The van der Waals surface area contributed by atoms with Gasteiger partial charge in [-0.15, -0.1) is 0 Å². The zero-order valence-electron chi connectivity index (χ0n) is 14.1. The SMILES string of the molecule is CC(C)CCCCCCCOC(=O)C1C=C2OC2CC1C(=O)O. The molecule has 5 nitrogen and oxygen atoms in total. The molecule has 1 fully saturated rings. The van der Waals surface area contributed by atoms with Crippen LogP contribution in [0.3, 0.4) is 0 Å². The topological polar surface area (TPSA) is 76.1 Å². The fraction of sp³-hybridized carbons (Fsp3) is 0.778. The quantitative estimate of drug-likeness (QED) is 0.378. The van der Waals surface area contributed by atoms with Gasteiger partial charge in [-0.1, -0.05) is 46.0 Å². The van der Waals surface area contributed by atoms with Crippen LogP contribution in [0.2, 0.25) is 0 Å². The number of carbonyl (C=O) groups is 2. The predicted molar refractivity (Wildman–Crippen MR) is 85.7 cm³/mol. The lowest BCUT2D eigenvalue weighted by atomic mass is 9.84. The van der Waals surface area contributed by atoms with Gasteiger partial charge >= 0.3 is 11.9 Å². The first-order valence-corrected chi connectivity index (χ1v) is 8.77. The summed E-state index contributed by atoms with van der Waals surface area (Å²) in [6.45, 7) is 4.85. The molecule has 0 aromatic carbocycles. The Kier molecular flexibility index (Phi) is 6.48. The van der Waals surface area contributed by atoms with E-state index in [1.165, 1.54) is 19.3 Å². The molecule has 1 aliphatic heterocycles. The number of carbonyl (C=O) groups excluding carboxylic acids is 1. The number of unbranched alkanes of at least 4 members (excludes halogenated alkanes) is 4. The molecule has 0 aromatic heterocycles. The van der Waals surface area contributed by atoms with Gasteiger partial charge in [-0.05, 0) is 18.4 Å². The zero-order valence-corrected chi connectivity index (χ0v) is 14.1. The van der Waals surface area contributed by atoms with Gasteiger partial charge in [0, 0.05) is 6.42 Å². The Morgan fingerprint density at radius 3 is 2.65 bits per heavy atom. The fourth-order valence-electron chi connectivity index (χ4n) is 3.05. The van der Waals surface area contributed by atoms with Crippen molar-refractivity contribution in [3.05, 3.63) is 11.8 Å². The monoisotopic (exact) mass is 324 g/mol. The second-order valence-electron chi connectivity index (χ2n) is 7.00. The average molecular weight is 324 g/mol. The van der Waals surface area contributed by atoms with Gasteiger partial charge in [0.1, 0.15) is 5.76 Å². The Morgan fingerprint density at radius 1 is 1.26 bits per heavy atom. The summed E-state index contributed by atoms with van der Waals surface area (Å²) in [5.41, 5.74) is 0. The van der Waals surface area contributed by atoms with E-state index in [1.54, 1.807) is 6.08 Å². The lowest BCUT2D eigenvalue weighted by Crippen LogP contribution is -2.32. The first-order chi connectivity index (χ1) is 11.0. The van der Waals surface area contributed by atoms with Gasteiger partial charge in [-0.3, -0.25) is 9.59 Å². The summed E-state index contributed by atoms with van der Waals surface area (Å²) < 4.78 is 10.5. The summed E-state index contributed by atoms with van der Waals surface area (Å²) in [5, 5.41) is 9.23. The number of hydrogen-bond acceptors (Lipinski definition) is 4. The lowest BCUT2D eigenvalue weighted by molar-refractivity contribution is -0.156. The van der Waals surface area contributed by atoms with Crippen molar-refractivity contribution in [2.45, 2.75) is 64.9 Å². The van der Waals surface area contributed by atoms with Crippen molar-refractivity contribution in [1.82, 2.24) is 0 Å². The third kappa shape index (κ3) is 5.56. The maximum Gasteiger partial charge on any atom is 0.313 e. The van der Waals surface area contributed by atoms with Gasteiger partial charge < -0.3 is 14.6 Å². The highest BCUT2D eigenvalue weighted by molar-refractivity contribution is 5.83. The molecule has 1 N–H and O–H groups in total. The predicted octanol–water partition coefficient (Wildman–Crippen LogP) is 3.53. The molecular formula is C18H28O5. The number of hydrogen-bond donors (Lipinski definition) is 1. The molecule has 1 saturated heterocycles. The van der Waals surface area contributed by atoms with Crippen LogP contribution >= 0.6 is 0 Å². The van der Waals surface area contributed by atoms with Gasteiger partial charge in [0.25, 0.3) is 0 Å². The van der Waals surface area contributed by atoms with E-state index in [4.69, 9.17) is 9.47 Å². The minimum Gasteiger partial charge on any atom is -0.483 e. The molecule has 3 atom stereocenters. The summed E-state index contributed by atoms with van der Waals surface area (Å²) in [6.07, 6.45) is 8.70. The van der Waals surface area contributed by atoms with Crippen molar-refractivity contribution in [2.24, 2.45) is 17.8 Å². The Bertz CT molecular complexity index is 454. The van der Waals surface area contributed by atoms with Crippen molar-refractivity contribution in [2.75, 3.05) is 6.61 Å². The normalized spacial score (nSPS) is 25.3. The second kappa shape index (κ2) is 8.37. The molecule has 0 amide bonds. The Morgan fingerprint density at radius 2 is 1.96 bits per heavy atom. The summed E-state index contributed by atoms with van der Waals surface area (Å²) in [4.78, 5) is 23.4. The molecule has 130 valence electrons. The highest BCUT2D eigenvalue weighted by Gasteiger charge is 2.48. The molecule has 0 saturated carbocycles. The molecule has 0 aromatic rings. The smallest absolute Gasteiger partial charge is 0.313 e. The summed E-state index contributed by atoms with van der Waals surface area (Å²) in [7, 11) is 0. The molecule has 0 spiro atoms. The minimum absolute atomic E-state index is 0.0917. The van der Waals surface area contributed by atoms with Gasteiger partial charge in [-0.2, -0.15) is 0 Å². The van der Waals surface area contributed by atoms with Crippen LogP contribution in [0.1, 0.15) is 58.8 Å². The third-order valence-corrected chi connectivity index (χ3v) is 4.54. The van der Waals surface area contributed by atoms with Crippen LogP contribution in [-0.2, 0) is 19.1 Å². The summed E-state index contributed by atoms with van der Waals surface area (Å²) in [6, 6.07) is 0. The van der Waals surface area contributed by atoms with Gasteiger partial charge in [0.15, 0.2) is 6.10 Å². The van der Waals surface area contributed by atoms with E-state index < -0.39 is 23.8 Å². The van der Waals surface area contributed by atoms with E-state index in [0.717, 1.165) is 30.9 Å². The Balaban J connectivity index is 1.61. The number of ether oxygens (including phenoxy) is 2. The standard InChI is InChI=1S/C18H28O5/c1-12(2)8-6-4-3-5-7-9-22-18(21)14-11-16-15(23-16)10-13(14)17(19)20/h11-15H,3-10H2,1-2H3,(H,19,20). The maximum absolute atomic E-state index is 12.1. The van der Waals surface area contributed by atoms with Gasteiger partial charge in [0.2, 0.25) is 0 Å². The van der Waals surface area contributed by atoms with E-state index in [-0.39, 0.29) is 6.10 Å². The molecule has 1 aliphatic carbocycles. The van der Waals surface area contributed by atoms with E-state index in [0.29, 0.717) is 13.0 Å².